The van der Waals surface area contributed by atoms with Gasteiger partial charge in [0.05, 0.1) is 12.0 Å². The predicted octanol–water partition coefficient (Wildman–Crippen LogP) is 5.51. The summed E-state index contributed by atoms with van der Waals surface area (Å²) < 4.78 is 83.2. The second-order valence-electron chi connectivity index (χ2n) is 10.3. The zero-order chi connectivity index (χ0) is 22.6. The van der Waals surface area contributed by atoms with Gasteiger partial charge in [-0.25, -0.2) is 0 Å². The topological polar surface area (TPSA) is 46.5 Å². The molecular formula is C20H30F6O3. The van der Waals surface area contributed by atoms with E-state index in [-0.39, 0.29) is 42.2 Å². The maximum Gasteiger partial charge on any atom is 0.426 e. The lowest BCUT2D eigenvalue weighted by Crippen LogP contribution is -2.58. The summed E-state index contributed by atoms with van der Waals surface area (Å²) in [6.45, 7) is 9.42. The van der Waals surface area contributed by atoms with Gasteiger partial charge in [-0.05, 0) is 68.6 Å². The molecule has 0 aromatic rings. The lowest BCUT2D eigenvalue weighted by Gasteiger charge is -2.38. The number of carbonyl (C=O) groups is 1. The lowest BCUT2D eigenvalue weighted by atomic mass is 9.69. The van der Waals surface area contributed by atoms with Crippen molar-refractivity contribution in [3.05, 3.63) is 0 Å². The van der Waals surface area contributed by atoms with Gasteiger partial charge in [0.1, 0.15) is 0 Å². The molecule has 9 heteroatoms. The summed E-state index contributed by atoms with van der Waals surface area (Å²) in [6.07, 6.45) is -11.8. The molecule has 2 rings (SSSR count). The van der Waals surface area contributed by atoms with Gasteiger partial charge in [-0.1, -0.05) is 20.8 Å². The van der Waals surface area contributed by atoms with Crippen LogP contribution in [-0.4, -0.2) is 35.6 Å². The summed E-state index contributed by atoms with van der Waals surface area (Å²) in [5, 5.41) is 9.46. The first-order valence-electron chi connectivity index (χ1n) is 9.84. The highest BCUT2D eigenvalue weighted by atomic mass is 19.4. The molecule has 0 spiro atoms. The van der Waals surface area contributed by atoms with Gasteiger partial charge in [-0.2, -0.15) is 26.3 Å². The number of carbonyl (C=O) groups excluding carboxylic acids is 1. The van der Waals surface area contributed by atoms with Crippen LogP contribution < -0.4 is 0 Å². The van der Waals surface area contributed by atoms with Crippen molar-refractivity contribution in [1.82, 2.24) is 0 Å². The van der Waals surface area contributed by atoms with E-state index >= 15 is 0 Å². The third-order valence-corrected chi connectivity index (χ3v) is 7.46. The van der Waals surface area contributed by atoms with E-state index in [1.54, 1.807) is 13.8 Å². The molecule has 0 aliphatic heterocycles. The van der Waals surface area contributed by atoms with Crippen molar-refractivity contribution < 1.29 is 41.0 Å². The molecule has 170 valence electrons. The second kappa shape index (κ2) is 7.31. The summed E-state index contributed by atoms with van der Waals surface area (Å²) in [7, 11) is 0. The number of aliphatic hydroxyl groups is 1. The molecule has 2 saturated carbocycles. The number of alkyl halides is 6. The minimum absolute atomic E-state index is 0.0687. The molecule has 4 atom stereocenters. The molecule has 2 aliphatic rings. The van der Waals surface area contributed by atoms with E-state index in [0.29, 0.717) is 12.8 Å². The smallest absolute Gasteiger partial charge is 0.426 e. The van der Waals surface area contributed by atoms with E-state index in [4.69, 9.17) is 4.74 Å². The van der Waals surface area contributed by atoms with Gasteiger partial charge in [-0.15, -0.1) is 0 Å². The van der Waals surface area contributed by atoms with Gasteiger partial charge < -0.3 is 9.84 Å². The zero-order valence-corrected chi connectivity index (χ0v) is 17.4. The van der Waals surface area contributed by atoms with Crippen LogP contribution in [0.2, 0.25) is 0 Å². The Balaban J connectivity index is 1.97. The molecule has 0 radical (unpaired) electrons. The van der Waals surface area contributed by atoms with Crippen LogP contribution in [0.4, 0.5) is 26.3 Å². The van der Waals surface area contributed by atoms with Crippen LogP contribution in [0.3, 0.4) is 0 Å². The lowest BCUT2D eigenvalue weighted by molar-refractivity contribution is -0.373. The Morgan fingerprint density at radius 2 is 1.31 bits per heavy atom. The average Bonchev–Trinajstić information content (AvgIpc) is 3.08. The van der Waals surface area contributed by atoms with Gasteiger partial charge in [0.2, 0.25) is 0 Å². The molecule has 0 saturated heterocycles. The second-order valence-corrected chi connectivity index (χ2v) is 10.3. The van der Waals surface area contributed by atoms with E-state index in [1.807, 2.05) is 20.8 Å². The zero-order valence-electron chi connectivity index (χ0n) is 17.4. The van der Waals surface area contributed by atoms with E-state index in [2.05, 4.69) is 0 Å². The summed E-state index contributed by atoms with van der Waals surface area (Å²) >= 11 is 0. The first-order chi connectivity index (χ1) is 12.8. The van der Waals surface area contributed by atoms with Crippen LogP contribution in [0.25, 0.3) is 0 Å². The van der Waals surface area contributed by atoms with Crippen molar-refractivity contribution >= 4 is 5.97 Å². The molecule has 0 aromatic heterocycles. The molecule has 29 heavy (non-hydrogen) atoms. The standard InChI is InChI=1S/C20H30F6O3/c1-16(2,3)17(4,5)15(27)29-10-14-8-11-6-12(14)7-13(11)9-18(28,19(21,22)23)20(24,25)26/h11-14,28H,6-10H2,1-5H3. The van der Waals surface area contributed by atoms with Crippen molar-refractivity contribution in [2.75, 3.05) is 6.61 Å². The van der Waals surface area contributed by atoms with Crippen LogP contribution in [0.5, 0.6) is 0 Å². The molecule has 1 N–H and O–H groups in total. The average molecular weight is 432 g/mol. The third-order valence-electron chi connectivity index (χ3n) is 7.46. The van der Waals surface area contributed by atoms with Crippen LogP contribution in [0.15, 0.2) is 0 Å². The first-order valence-corrected chi connectivity index (χ1v) is 9.84. The monoisotopic (exact) mass is 432 g/mol. The summed E-state index contributed by atoms with van der Waals surface area (Å²) in [5.41, 5.74) is -5.75. The SMILES string of the molecule is CC(C)(C)C(C)(C)C(=O)OCC1CC2CC1CC2CC(O)(C(F)(F)F)C(F)(F)F. The molecule has 0 heterocycles. The third kappa shape index (κ3) is 4.39. The Morgan fingerprint density at radius 1 is 0.862 bits per heavy atom. The fourth-order valence-electron chi connectivity index (χ4n) is 4.41. The molecule has 2 aliphatic carbocycles. The number of ether oxygens (including phenoxy) is 1. The van der Waals surface area contributed by atoms with Crippen LogP contribution in [0, 0.1) is 34.5 Å². The van der Waals surface area contributed by atoms with Gasteiger partial charge in [0.15, 0.2) is 0 Å². The Kier molecular flexibility index (Phi) is 6.12. The fourth-order valence-corrected chi connectivity index (χ4v) is 4.41. The summed E-state index contributed by atoms with van der Waals surface area (Å²) in [4.78, 5) is 12.4. The van der Waals surface area contributed by atoms with Crippen molar-refractivity contribution in [2.45, 2.75) is 78.3 Å². The molecule has 2 fully saturated rings. The Hall–Kier alpha value is -0.990. The molecule has 0 amide bonds. The first kappa shape index (κ1) is 24.3. The summed E-state index contributed by atoms with van der Waals surface area (Å²) in [5.74, 6) is -1.73. The van der Waals surface area contributed by atoms with Crippen molar-refractivity contribution in [3.8, 4) is 0 Å². The normalized spacial score (nSPS) is 28.7. The molecular weight excluding hydrogens is 402 g/mol. The van der Waals surface area contributed by atoms with Gasteiger partial charge >= 0.3 is 18.3 Å². The maximum absolute atomic E-state index is 13.0. The van der Waals surface area contributed by atoms with Gasteiger partial charge in [0, 0.05) is 0 Å². The van der Waals surface area contributed by atoms with E-state index in [9.17, 15) is 36.2 Å². The maximum atomic E-state index is 13.0. The Morgan fingerprint density at radius 3 is 1.69 bits per heavy atom. The number of halogens is 6. The molecule has 2 bridgehead atoms. The van der Waals surface area contributed by atoms with E-state index in [0.717, 1.165) is 0 Å². The highest BCUT2D eigenvalue weighted by Gasteiger charge is 2.71. The van der Waals surface area contributed by atoms with Crippen LogP contribution >= 0.6 is 0 Å². The fraction of sp³-hybridized carbons (Fsp3) is 0.950. The predicted molar refractivity (Wildman–Crippen MR) is 93.7 cm³/mol. The minimum atomic E-state index is -5.78. The van der Waals surface area contributed by atoms with Crippen LogP contribution in [0.1, 0.15) is 60.3 Å². The Bertz CT molecular complexity index is 603. The minimum Gasteiger partial charge on any atom is -0.465 e. The molecule has 0 aromatic carbocycles. The quantitative estimate of drug-likeness (QED) is 0.460. The number of hydrogen-bond donors (Lipinski definition) is 1. The van der Waals surface area contributed by atoms with Crippen LogP contribution in [-0.2, 0) is 9.53 Å². The van der Waals surface area contributed by atoms with Gasteiger partial charge in [-0.3, -0.25) is 4.79 Å². The number of fused-ring (bicyclic) bond motifs is 2. The largest absolute Gasteiger partial charge is 0.465 e. The van der Waals surface area contributed by atoms with Gasteiger partial charge in [0.25, 0.3) is 5.60 Å². The number of esters is 1. The molecule has 3 nitrogen and oxygen atoms in total. The molecule has 4 unspecified atom stereocenters. The highest BCUT2D eigenvalue weighted by molar-refractivity contribution is 5.76. The van der Waals surface area contributed by atoms with Crippen molar-refractivity contribution in [1.29, 1.82) is 0 Å². The Labute approximate surface area is 167 Å². The van der Waals surface area contributed by atoms with E-state index in [1.165, 1.54) is 0 Å². The van der Waals surface area contributed by atoms with Crippen molar-refractivity contribution in [3.63, 3.8) is 0 Å². The summed E-state index contributed by atoms with van der Waals surface area (Å²) in [6, 6.07) is 0. The van der Waals surface area contributed by atoms with Crippen molar-refractivity contribution in [2.24, 2.45) is 34.5 Å². The number of rotatable bonds is 5. The highest BCUT2D eigenvalue weighted by Crippen LogP contribution is 2.57. The van der Waals surface area contributed by atoms with E-state index < -0.39 is 35.7 Å². The number of hydrogen-bond acceptors (Lipinski definition) is 3.